The van der Waals surface area contributed by atoms with Gasteiger partial charge in [-0.1, -0.05) is 13.8 Å². The average molecular weight is 347 g/mol. The fourth-order valence-electron chi connectivity index (χ4n) is 3.17. The van der Waals surface area contributed by atoms with Crippen molar-refractivity contribution in [2.45, 2.75) is 33.4 Å². The predicted molar refractivity (Wildman–Crippen MR) is 97.3 cm³/mol. The van der Waals surface area contributed by atoms with Crippen molar-refractivity contribution in [2.75, 3.05) is 26.2 Å². The Morgan fingerprint density at radius 1 is 1.25 bits per heavy atom. The minimum absolute atomic E-state index is 0.104. The van der Waals surface area contributed by atoms with Gasteiger partial charge in [-0.3, -0.25) is 14.4 Å². The third-order valence-electron chi connectivity index (χ3n) is 4.61. The molecule has 0 bridgehead atoms. The molecule has 0 spiro atoms. The highest BCUT2D eigenvalue weighted by atomic mass is 32.1. The van der Waals surface area contributed by atoms with Gasteiger partial charge in [0.2, 0.25) is 0 Å². The van der Waals surface area contributed by atoms with Crippen molar-refractivity contribution in [1.29, 1.82) is 0 Å². The van der Waals surface area contributed by atoms with E-state index in [4.69, 9.17) is 0 Å². The van der Waals surface area contributed by atoms with Gasteiger partial charge in [0.25, 0.3) is 5.91 Å². The molecule has 2 aromatic heterocycles. The van der Waals surface area contributed by atoms with Gasteiger partial charge in [-0.15, -0.1) is 0 Å². The fraction of sp³-hybridized carbons (Fsp3) is 0.556. The second-order valence-corrected chi connectivity index (χ2v) is 7.69. The summed E-state index contributed by atoms with van der Waals surface area (Å²) < 4.78 is 1.87. The Kier molecular flexibility index (Phi) is 5.36. The Morgan fingerprint density at radius 2 is 2.00 bits per heavy atom. The highest BCUT2D eigenvalue weighted by Crippen LogP contribution is 2.23. The molecular weight excluding hydrogens is 320 g/mol. The topological polar surface area (TPSA) is 41.4 Å². The third-order valence-corrected chi connectivity index (χ3v) is 5.31. The molecule has 0 aliphatic carbocycles. The van der Waals surface area contributed by atoms with E-state index < -0.39 is 0 Å². The molecule has 1 aliphatic rings. The lowest BCUT2D eigenvalue weighted by molar-refractivity contribution is 0.0582. The van der Waals surface area contributed by atoms with Crippen LogP contribution in [0.1, 0.15) is 42.7 Å². The first-order valence-corrected chi connectivity index (χ1v) is 9.56. The fourth-order valence-corrected chi connectivity index (χ4v) is 3.91. The molecule has 0 saturated carbocycles. The molecule has 0 radical (unpaired) electrons. The van der Waals surface area contributed by atoms with Crippen molar-refractivity contribution >= 4 is 17.2 Å². The zero-order chi connectivity index (χ0) is 17.1. The summed E-state index contributed by atoms with van der Waals surface area (Å²) in [6.07, 6.45) is 3.58. The largest absolute Gasteiger partial charge is 0.336 e. The Balaban J connectivity index is 1.56. The van der Waals surface area contributed by atoms with Gasteiger partial charge >= 0.3 is 0 Å². The molecular formula is C18H26N4OS. The van der Waals surface area contributed by atoms with E-state index in [-0.39, 0.29) is 5.91 Å². The SMILES string of the molecule is CC(C)Cn1cc(C(=O)N2CCN([C@H](C)c3ccsc3)CC2)cn1. The highest BCUT2D eigenvalue weighted by molar-refractivity contribution is 7.07. The van der Waals surface area contributed by atoms with Crippen LogP contribution in [0.25, 0.3) is 0 Å². The van der Waals surface area contributed by atoms with Gasteiger partial charge in [0, 0.05) is 45.0 Å². The van der Waals surface area contributed by atoms with E-state index in [0.717, 1.165) is 32.7 Å². The van der Waals surface area contributed by atoms with Gasteiger partial charge in [-0.05, 0) is 35.2 Å². The van der Waals surface area contributed by atoms with Crippen LogP contribution in [0.2, 0.25) is 0 Å². The van der Waals surface area contributed by atoms with Crippen LogP contribution in [0.5, 0.6) is 0 Å². The van der Waals surface area contributed by atoms with E-state index in [0.29, 0.717) is 17.5 Å². The number of aromatic nitrogens is 2. The summed E-state index contributed by atoms with van der Waals surface area (Å²) in [5, 5.41) is 8.65. The Bertz CT molecular complexity index is 656. The normalized spacial score (nSPS) is 17.4. The second-order valence-electron chi connectivity index (χ2n) is 6.91. The zero-order valence-electron chi connectivity index (χ0n) is 14.7. The van der Waals surface area contributed by atoms with Gasteiger partial charge in [-0.2, -0.15) is 16.4 Å². The van der Waals surface area contributed by atoms with E-state index in [1.807, 2.05) is 15.8 Å². The highest BCUT2D eigenvalue weighted by Gasteiger charge is 2.26. The summed E-state index contributed by atoms with van der Waals surface area (Å²) in [7, 11) is 0. The number of carbonyl (C=O) groups excluding carboxylic acids is 1. The number of hydrogen-bond acceptors (Lipinski definition) is 4. The second kappa shape index (κ2) is 7.49. The number of rotatable bonds is 5. The minimum atomic E-state index is 0.104. The van der Waals surface area contributed by atoms with Crippen LogP contribution in [0, 0.1) is 5.92 Å². The Hall–Kier alpha value is -1.66. The predicted octanol–water partition coefficient (Wildman–Crippen LogP) is 3.12. The first kappa shape index (κ1) is 17.2. The number of nitrogens with zero attached hydrogens (tertiary/aromatic N) is 4. The lowest BCUT2D eigenvalue weighted by Gasteiger charge is -2.37. The third kappa shape index (κ3) is 3.87. The summed E-state index contributed by atoms with van der Waals surface area (Å²) in [5.41, 5.74) is 2.07. The molecule has 5 nitrogen and oxygen atoms in total. The molecule has 6 heteroatoms. The Morgan fingerprint density at radius 3 is 2.62 bits per heavy atom. The molecule has 2 aromatic rings. The standard InChI is InChI=1S/C18H26N4OS/c1-14(2)11-22-12-17(10-19-22)18(23)21-7-5-20(6-8-21)15(3)16-4-9-24-13-16/h4,9-10,12-15H,5-8,11H2,1-3H3/t15-/m1/s1. The van der Waals surface area contributed by atoms with Crippen molar-refractivity contribution in [2.24, 2.45) is 5.92 Å². The maximum atomic E-state index is 12.7. The van der Waals surface area contributed by atoms with E-state index in [1.54, 1.807) is 17.5 Å². The summed E-state index contributed by atoms with van der Waals surface area (Å²) in [6, 6.07) is 2.61. The summed E-state index contributed by atoms with van der Waals surface area (Å²) >= 11 is 1.74. The van der Waals surface area contributed by atoms with Crippen LogP contribution in [-0.4, -0.2) is 51.7 Å². The first-order chi connectivity index (χ1) is 11.5. The van der Waals surface area contributed by atoms with Crippen LogP contribution in [0.4, 0.5) is 0 Å². The maximum absolute atomic E-state index is 12.7. The van der Waals surface area contributed by atoms with Crippen molar-refractivity contribution in [3.8, 4) is 0 Å². The first-order valence-electron chi connectivity index (χ1n) is 8.62. The lowest BCUT2D eigenvalue weighted by Crippen LogP contribution is -2.49. The summed E-state index contributed by atoms with van der Waals surface area (Å²) in [5.74, 6) is 0.628. The molecule has 3 heterocycles. The van der Waals surface area contributed by atoms with Gasteiger partial charge < -0.3 is 4.90 Å². The van der Waals surface area contributed by atoms with Crippen LogP contribution in [-0.2, 0) is 6.54 Å². The molecule has 0 unspecified atom stereocenters. The zero-order valence-corrected chi connectivity index (χ0v) is 15.5. The van der Waals surface area contributed by atoms with Crippen LogP contribution in [0.3, 0.4) is 0 Å². The number of piperazine rings is 1. The molecule has 24 heavy (non-hydrogen) atoms. The average Bonchev–Trinajstić information content (AvgIpc) is 3.25. The molecule has 0 aromatic carbocycles. The molecule has 1 amide bonds. The molecule has 130 valence electrons. The Labute approximate surface area is 147 Å². The van der Waals surface area contributed by atoms with E-state index in [1.165, 1.54) is 5.56 Å². The molecule has 1 saturated heterocycles. The van der Waals surface area contributed by atoms with Crippen LogP contribution in [0.15, 0.2) is 29.2 Å². The number of amides is 1. The maximum Gasteiger partial charge on any atom is 0.257 e. The van der Waals surface area contributed by atoms with Gasteiger partial charge in [0.05, 0.1) is 11.8 Å². The van der Waals surface area contributed by atoms with Gasteiger partial charge in [0.15, 0.2) is 0 Å². The number of carbonyl (C=O) groups is 1. The monoisotopic (exact) mass is 346 g/mol. The van der Waals surface area contributed by atoms with E-state index in [2.05, 4.69) is 47.6 Å². The van der Waals surface area contributed by atoms with Crippen molar-refractivity contribution < 1.29 is 4.79 Å². The number of hydrogen-bond donors (Lipinski definition) is 0. The van der Waals surface area contributed by atoms with Crippen molar-refractivity contribution in [3.63, 3.8) is 0 Å². The van der Waals surface area contributed by atoms with Crippen molar-refractivity contribution in [3.05, 3.63) is 40.3 Å². The van der Waals surface area contributed by atoms with Crippen molar-refractivity contribution in [1.82, 2.24) is 19.6 Å². The lowest BCUT2D eigenvalue weighted by atomic mass is 10.1. The minimum Gasteiger partial charge on any atom is -0.336 e. The summed E-state index contributed by atoms with van der Waals surface area (Å²) in [4.78, 5) is 17.1. The van der Waals surface area contributed by atoms with Gasteiger partial charge in [0.1, 0.15) is 0 Å². The number of thiophene rings is 1. The van der Waals surface area contributed by atoms with Crippen LogP contribution >= 0.6 is 11.3 Å². The molecule has 0 N–H and O–H groups in total. The summed E-state index contributed by atoms with van der Waals surface area (Å²) in [6.45, 7) is 10.8. The smallest absolute Gasteiger partial charge is 0.257 e. The molecule has 1 fully saturated rings. The van der Waals surface area contributed by atoms with E-state index >= 15 is 0 Å². The van der Waals surface area contributed by atoms with E-state index in [9.17, 15) is 4.79 Å². The van der Waals surface area contributed by atoms with Gasteiger partial charge in [-0.25, -0.2) is 0 Å². The van der Waals surface area contributed by atoms with Crippen LogP contribution < -0.4 is 0 Å². The molecule has 1 aliphatic heterocycles. The quantitative estimate of drug-likeness (QED) is 0.835. The molecule has 3 rings (SSSR count). The molecule has 1 atom stereocenters.